The Morgan fingerprint density at radius 1 is 1.29 bits per heavy atom. The van der Waals surface area contributed by atoms with Crippen molar-refractivity contribution in [2.75, 3.05) is 11.9 Å². The third-order valence-corrected chi connectivity index (χ3v) is 5.76. The Morgan fingerprint density at radius 3 is 2.88 bits per heavy atom. The Bertz CT molecular complexity index is 785. The number of hydrogen-bond donors (Lipinski definition) is 1. The van der Waals surface area contributed by atoms with Crippen molar-refractivity contribution in [2.24, 2.45) is 0 Å². The molecule has 0 bridgehead atoms. The molecule has 3 rings (SSSR count). The molecule has 0 unspecified atom stereocenters. The molecule has 1 heterocycles. The maximum absolute atomic E-state index is 12.2. The first-order chi connectivity index (χ1) is 11.5. The molecule has 1 amide bonds. The van der Waals surface area contributed by atoms with Gasteiger partial charge in [-0.1, -0.05) is 6.07 Å². The molecular formula is C18H18BrNO3S. The van der Waals surface area contributed by atoms with Crippen LogP contribution in [0.1, 0.15) is 39.2 Å². The molecule has 2 aromatic rings. The maximum Gasteiger partial charge on any atom is 0.339 e. The standard InChI is InChI=1S/C18H18BrNO3S/c1-11-6-7-15(14(19)8-11)20-17(21)9-23-18(22)13-10-24-16-5-3-2-4-12(13)16/h6-8,10H,2-5,9H2,1H3,(H,20,21). The molecule has 24 heavy (non-hydrogen) atoms. The van der Waals surface area contributed by atoms with Crippen LogP contribution in [0, 0.1) is 6.92 Å². The number of carbonyl (C=O) groups excluding carboxylic acids is 2. The highest BCUT2D eigenvalue weighted by atomic mass is 79.9. The fourth-order valence-corrected chi connectivity index (χ4v) is 4.49. The average molecular weight is 408 g/mol. The Kier molecular flexibility index (Phi) is 5.36. The van der Waals surface area contributed by atoms with E-state index in [1.165, 1.54) is 11.3 Å². The number of nitrogens with one attached hydrogen (secondary N) is 1. The van der Waals surface area contributed by atoms with Crippen LogP contribution in [0.2, 0.25) is 0 Å². The number of rotatable bonds is 4. The fraction of sp³-hybridized carbons (Fsp3) is 0.333. The Hall–Kier alpha value is -1.66. The van der Waals surface area contributed by atoms with Gasteiger partial charge < -0.3 is 10.1 Å². The Morgan fingerprint density at radius 2 is 2.08 bits per heavy atom. The van der Waals surface area contributed by atoms with E-state index in [4.69, 9.17) is 4.74 Å². The molecule has 0 radical (unpaired) electrons. The van der Waals surface area contributed by atoms with Crippen LogP contribution in [0.3, 0.4) is 0 Å². The second kappa shape index (κ2) is 7.49. The molecule has 0 fully saturated rings. The number of esters is 1. The van der Waals surface area contributed by atoms with Crippen LogP contribution in [-0.4, -0.2) is 18.5 Å². The molecule has 4 nitrogen and oxygen atoms in total. The summed E-state index contributed by atoms with van der Waals surface area (Å²) >= 11 is 5.02. The van der Waals surface area contributed by atoms with Crippen molar-refractivity contribution in [2.45, 2.75) is 32.6 Å². The third-order valence-electron chi connectivity index (χ3n) is 4.01. The summed E-state index contributed by atoms with van der Waals surface area (Å²) in [5.41, 5.74) is 3.49. The molecule has 0 aliphatic heterocycles. The number of anilines is 1. The average Bonchev–Trinajstić information content (AvgIpc) is 2.99. The molecule has 1 aliphatic carbocycles. The summed E-state index contributed by atoms with van der Waals surface area (Å²) in [7, 11) is 0. The Labute approximate surface area is 153 Å². The van der Waals surface area contributed by atoms with Crippen LogP contribution in [0.4, 0.5) is 5.69 Å². The van der Waals surface area contributed by atoms with Gasteiger partial charge in [-0.3, -0.25) is 4.79 Å². The quantitative estimate of drug-likeness (QED) is 0.759. The summed E-state index contributed by atoms with van der Waals surface area (Å²) in [5, 5.41) is 4.59. The van der Waals surface area contributed by atoms with Crippen molar-refractivity contribution in [3.05, 3.63) is 49.6 Å². The van der Waals surface area contributed by atoms with Gasteiger partial charge in [0.05, 0.1) is 11.3 Å². The molecule has 1 N–H and O–H groups in total. The minimum atomic E-state index is -0.410. The van der Waals surface area contributed by atoms with Gasteiger partial charge in [0.15, 0.2) is 6.61 Å². The molecule has 1 aromatic heterocycles. The van der Waals surface area contributed by atoms with Crippen LogP contribution in [-0.2, 0) is 22.4 Å². The third kappa shape index (κ3) is 3.87. The molecule has 1 aromatic carbocycles. The largest absolute Gasteiger partial charge is 0.452 e. The van der Waals surface area contributed by atoms with Crippen molar-refractivity contribution in [3.63, 3.8) is 0 Å². The lowest BCUT2D eigenvalue weighted by Crippen LogP contribution is -2.21. The molecule has 0 spiro atoms. The van der Waals surface area contributed by atoms with Gasteiger partial charge in [0.2, 0.25) is 0 Å². The van der Waals surface area contributed by atoms with Crippen LogP contribution in [0.25, 0.3) is 0 Å². The van der Waals surface area contributed by atoms with Crippen molar-refractivity contribution < 1.29 is 14.3 Å². The normalized spacial score (nSPS) is 13.2. The molecular weight excluding hydrogens is 390 g/mol. The number of hydrogen-bond acceptors (Lipinski definition) is 4. The van der Waals surface area contributed by atoms with E-state index in [0.717, 1.165) is 34.9 Å². The minimum Gasteiger partial charge on any atom is -0.452 e. The van der Waals surface area contributed by atoms with Crippen molar-refractivity contribution in [1.29, 1.82) is 0 Å². The van der Waals surface area contributed by atoms with E-state index in [-0.39, 0.29) is 12.5 Å². The minimum absolute atomic E-state index is 0.288. The van der Waals surface area contributed by atoms with Gasteiger partial charge in [0.25, 0.3) is 5.91 Å². The number of fused-ring (bicyclic) bond motifs is 1. The zero-order chi connectivity index (χ0) is 17.1. The number of halogens is 1. The van der Waals surface area contributed by atoms with Gasteiger partial charge in [-0.2, -0.15) is 0 Å². The van der Waals surface area contributed by atoms with E-state index in [1.54, 1.807) is 11.3 Å². The van der Waals surface area contributed by atoms with Crippen LogP contribution < -0.4 is 5.32 Å². The Balaban J connectivity index is 1.58. The molecule has 0 atom stereocenters. The lowest BCUT2D eigenvalue weighted by atomic mass is 9.96. The van der Waals surface area contributed by atoms with E-state index in [1.807, 2.05) is 30.5 Å². The molecule has 1 aliphatic rings. The fourth-order valence-electron chi connectivity index (χ4n) is 2.78. The highest BCUT2D eigenvalue weighted by Gasteiger charge is 2.21. The smallest absolute Gasteiger partial charge is 0.339 e. The van der Waals surface area contributed by atoms with E-state index in [0.29, 0.717) is 11.3 Å². The van der Waals surface area contributed by atoms with Gasteiger partial charge >= 0.3 is 5.97 Å². The maximum atomic E-state index is 12.2. The van der Waals surface area contributed by atoms with E-state index >= 15 is 0 Å². The zero-order valence-electron chi connectivity index (χ0n) is 13.4. The van der Waals surface area contributed by atoms with Gasteiger partial charge in [-0.25, -0.2) is 4.79 Å². The summed E-state index contributed by atoms with van der Waals surface area (Å²) in [5.74, 6) is -0.760. The van der Waals surface area contributed by atoms with E-state index < -0.39 is 5.97 Å². The van der Waals surface area contributed by atoms with Gasteiger partial charge in [0.1, 0.15) is 0 Å². The number of ether oxygens (including phenoxy) is 1. The number of aryl methyl sites for hydroxylation is 2. The van der Waals surface area contributed by atoms with Gasteiger partial charge in [-0.05, 0) is 71.8 Å². The molecule has 6 heteroatoms. The van der Waals surface area contributed by atoms with Gasteiger partial charge in [0, 0.05) is 14.7 Å². The van der Waals surface area contributed by atoms with Crippen LogP contribution in [0.5, 0.6) is 0 Å². The van der Waals surface area contributed by atoms with Crippen molar-refractivity contribution in [1.82, 2.24) is 0 Å². The second-order valence-corrected chi connectivity index (χ2v) is 7.68. The van der Waals surface area contributed by atoms with Crippen molar-refractivity contribution >= 4 is 44.8 Å². The van der Waals surface area contributed by atoms with Crippen LogP contribution >= 0.6 is 27.3 Å². The first-order valence-corrected chi connectivity index (χ1v) is 9.54. The summed E-state index contributed by atoms with van der Waals surface area (Å²) in [6.45, 7) is 1.68. The number of carbonyl (C=O) groups is 2. The summed E-state index contributed by atoms with van der Waals surface area (Å²) < 4.78 is 5.99. The van der Waals surface area contributed by atoms with Gasteiger partial charge in [-0.15, -0.1) is 11.3 Å². The summed E-state index contributed by atoms with van der Waals surface area (Å²) in [6, 6.07) is 5.64. The first kappa shape index (κ1) is 17.2. The molecule has 126 valence electrons. The monoisotopic (exact) mass is 407 g/mol. The van der Waals surface area contributed by atoms with E-state index in [9.17, 15) is 9.59 Å². The number of benzene rings is 1. The second-order valence-electron chi connectivity index (χ2n) is 5.87. The first-order valence-electron chi connectivity index (χ1n) is 7.87. The highest BCUT2D eigenvalue weighted by molar-refractivity contribution is 9.10. The summed E-state index contributed by atoms with van der Waals surface area (Å²) in [4.78, 5) is 25.5. The van der Waals surface area contributed by atoms with Crippen LogP contribution in [0.15, 0.2) is 28.1 Å². The lowest BCUT2D eigenvalue weighted by molar-refractivity contribution is -0.119. The SMILES string of the molecule is Cc1ccc(NC(=O)COC(=O)c2csc3c2CCCC3)c(Br)c1. The topological polar surface area (TPSA) is 55.4 Å². The molecule has 0 saturated carbocycles. The number of thiophene rings is 1. The molecule has 0 saturated heterocycles. The predicted molar refractivity (Wildman–Crippen MR) is 98.8 cm³/mol. The summed E-state index contributed by atoms with van der Waals surface area (Å²) in [6.07, 6.45) is 4.24. The van der Waals surface area contributed by atoms with Crippen molar-refractivity contribution in [3.8, 4) is 0 Å². The lowest BCUT2D eigenvalue weighted by Gasteiger charge is -2.12. The number of amides is 1. The highest BCUT2D eigenvalue weighted by Crippen LogP contribution is 2.30. The predicted octanol–water partition coefficient (Wildman–Crippen LogP) is 4.49. The zero-order valence-corrected chi connectivity index (χ0v) is 15.8. The van der Waals surface area contributed by atoms with E-state index in [2.05, 4.69) is 21.2 Å².